The average molecular weight is 429 g/mol. The molecule has 0 spiro atoms. The van der Waals surface area contributed by atoms with Crippen LogP contribution in [0.1, 0.15) is 29.2 Å². The molecular weight excluding hydrogens is 404 g/mol. The second-order valence-electron chi connectivity index (χ2n) is 8.06. The Balaban J connectivity index is 1.48. The van der Waals surface area contributed by atoms with Crippen LogP contribution < -0.4 is 11.1 Å². The maximum Gasteiger partial charge on any atom is 0.256 e. The minimum Gasteiger partial charge on any atom is -0.383 e. The molecule has 1 amide bonds. The first-order valence-corrected chi connectivity index (χ1v) is 10.6. The second-order valence-corrected chi connectivity index (χ2v) is 8.06. The number of carbonyl (C=O) groups is 1. The van der Waals surface area contributed by atoms with Crippen LogP contribution in [0.4, 0.5) is 11.6 Å². The van der Waals surface area contributed by atoms with Crippen molar-refractivity contribution in [2.24, 2.45) is 0 Å². The summed E-state index contributed by atoms with van der Waals surface area (Å²) in [7, 11) is 2.12. The number of benzene rings is 1. The molecule has 4 heterocycles. The van der Waals surface area contributed by atoms with E-state index in [4.69, 9.17) is 10.8 Å². The zero-order chi connectivity index (χ0) is 22.1. The number of rotatable bonds is 4. The number of anilines is 2. The predicted molar refractivity (Wildman–Crippen MR) is 123 cm³/mol. The van der Waals surface area contributed by atoms with Crippen LogP contribution in [0.2, 0.25) is 0 Å². The van der Waals surface area contributed by atoms with E-state index in [-0.39, 0.29) is 11.9 Å². The number of carbonyl (C=O) groups excluding carboxylic acids is 1. The van der Waals surface area contributed by atoms with E-state index in [9.17, 15) is 4.79 Å². The third-order valence-electron chi connectivity index (χ3n) is 5.79. The maximum absolute atomic E-state index is 12.6. The lowest BCUT2D eigenvalue weighted by atomic mass is 10.1. The first-order valence-electron chi connectivity index (χ1n) is 10.6. The van der Waals surface area contributed by atoms with Crippen molar-refractivity contribution in [3.8, 4) is 11.3 Å². The van der Waals surface area contributed by atoms with Crippen LogP contribution in [0.3, 0.4) is 0 Å². The minimum absolute atomic E-state index is 0.223. The van der Waals surface area contributed by atoms with E-state index in [1.54, 1.807) is 30.5 Å². The lowest BCUT2D eigenvalue weighted by Gasteiger charge is -2.29. The molecular formula is C23H24N8O. The van der Waals surface area contributed by atoms with Crippen LogP contribution in [-0.2, 0) is 0 Å². The molecule has 4 aromatic rings. The number of pyridine rings is 1. The van der Waals surface area contributed by atoms with E-state index < -0.39 is 0 Å². The number of piperidine rings is 1. The third kappa shape index (κ3) is 3.78. The van der Waals surface area contributed by atoms with Crippen molar-refractivity contribution in [2.75, 3.05) is 31.2 Å². The van der Waals surface area contributed by atoms with Crippen molar-refractivity contribution in [1.29, 1.82) is 0 Å². The summed E-state index contributed by atoms with van der Waals surface area (Å²) in [4.78, 5) is 27.7. The smallest absolute Gasteiger partial charge is 0.256 e. The molecule has 0 radical (unpaired) electrons. The van der Waals surface area contributed by atoms with Gasteiger partial charge in [0.05, 0.1) is 11.4 Å². The van der Waals surface area contributed by atoms with E-state index in [1.807, 2.05) is 22.9 Å². The molecule has 32 heavy (non-hydrogen) atoms. The van der Waals surface area contributed by atoms with Gasteiger partial charge in [-0.15, -0.1) is 0 Å². The number of nitrogens with zero attached hydrogens (tertiary/aromatic N) is 6. The summed E-state index contributed by atoms with van der Waals surface area (Å²) in [6.45, 7) is 1.99. The van der Waals surface area contributed by atoms with Crippen molar-refractivity contribution in [3.05, 3.63) is 60.6 Å². The fourth-order valence-corrected chi connectivity index (χ4v) is 4.20. The molecule has 1 fully saturated rings. The van der Waals surface area contributed by atoms with Gasteiger partial charge in [-0.25, -0.2) is 19.6 Å². The Morgan fingerprint density at radius 3 is 2.72 bits per heavy atom. The van der Waals surface area contributed by atoms with E-state index >= 15 is 0 Å². The number of aromatic nitrogens is 5. The van der Waals surface area contributed by atoms with Gasteiger partial charge in [-0.3, -0.25) is 4.79 Å². The van der Waals surface area contributed by atoms with Crippen LogP contribution in [0, 0.1) is 0 Å². The highest BCUT2D eigenvalue weighted by atomic mass is 16.1. The number of fused-ring (bicyclic) bond motifs is 1. The summed E-state index contributed by atoms with van der Waals surface area (Å²) >= 11 is 0. The van der Waals surface area contributed by atoms with Gasteiger partial charge in [0.1, 0.15) is 23.7 Å². The van der Waals surface area contributed by atoms with E-state index in [2.05, 4.69) is 32.2 Å². The summed E-state index contributed by atoms with van der Waals surface area (Å²) in [6, 6.07) is 12.9. The van der Waals surface area contributed by atoms with Crippen LogP contribution in [0.5, 0.6) is 0 Å². The standard InChI is InChI=1S/C23H24N8O/c1-30-12-4-5-17(13-30)31-22-19(21(24)26-14-27-22)20(29-31)15-7-9-16(10-8-15)23(32)28-18-6-2-3-11-25-18/h2-3,6-11,14,17H,4-5,12-13H2,1H3,(H2,24,26,27)(H,25,28,32). The van der Waals surface area contributed by atoms with Gasteiger partial charge in [0.2, 0.25) is 0 Å². The molecule has 1 aromatic carbocycles. The van der Waals surface area contributed by atoms with Crippen molar-refractivity contribution in [1.82, 2.24) is 29.6 Å². The SMILES string of the molecule is CN1CCCC(n2nc(-c3ccc(C(=O)Nc4ccccn4)cc3)c3c(N)ncnc32)C1. The van der Waals surface area contributed by atoms with Crippen molar-refractivity contribution in [3.63, 3.8) is 0 Å². The molecule has 1 unspecified atom stereocenters. The van der Waals surface area contributed by atoms with Crippen LogP contribution in [0.15, 0.2) is 55.0 Å². The Labute approximate surface area is 185 Å². The van der Waals surface area contributed by atoms with Crippen molar-refractivity contribution >= 4 is 28.6 Å². The molecule has 0 saturated carbocycles. The summed E-state index contributed by atoms with van der Waals surface area (Å²) in [5.74, 6) is 0.685. The molecule has 1 aliphatic rings. The Morgan fingerprint density at radius 2 is 1.97 bits per heavy atom. The Hall–Kier alpha value is -3.85. The highest BCUT2D eigenvalue weighted by Gasteiger charge is 2.25. The molecule has 162 valence electrons. The molecule has 9 nitrogen and oxygen atoms in total. The predicted octanol–water partition coefficient (Wildman–Crippen LogP) is 2.99. The summed E-state index contributed by atoms with van der Waals surface area (Å²) in [5.41, 5.74) is 9.09. The number of likely N-dealkylation sites (tertiary alicyclic amines) is 1. The average Bonchev–Trinajstić information content (AvgIpc) is 3.21. The van der Waals surface area contributed by atoms with Crippen molar-refractivity contribution in [2.45, 2.75) is 18.9 Å². The zero-order valence-corrected chi connectivity index (χ0v) is 17.8. The normalized spacial score (nSPS) is 16.8. The number of nitrogens with one attached hydrogen (secondary N) is 1. The Morgan fingerprint density at radius 1 is 1.12 bits per heavy atom. The van der Waals surface area contributed by atoms with Gasteiger partial charge in [0.25, 0.3) is 5.91 Å². The lowest BCUT2D eigenvalue weighted by Crippen LogP contribution is -2.34. The van der Waals surface area contributed by atoms with Gasteiger partial charge < -0.3 is 16.0 Å². The minimum atomic E-state index is -0.223. The molecule has 1 atom stereocenters. The molecule has 5 rings (SSSR count). The van der Waals surface area contributed by atoms with Gasteiger partial charge in [-0.05, 0) is 50.7 Å². The third-order valence-corrected chi connectivity index (χ3v) is 5.79. The monoisotopic (exact) mass is 428 g/mol. The Kier molecular flexibility index (Phi) is 5.24. The van der Waals surface area contributed by atoms with Crippen molar-refractivity contribution < 1.29 is 4.79 Å². The van der Waals surface area contributed by atoms with Gasteiger partial charge in [0.15, 0.2) is 5.65 Å². The zero-order valence-electron chi connectivity index (χ0n) is 17.8. The summed E-state index contributed by atoms with van der Waals surface area (Å²) < 4.78 is 1.99. The number of amides is 1. The van der Waals surface area contributed by atoms with Gasteiger partial charge in [-0.1, -0.05) is 18.2 Å². The first-order chi connectivity index (χ1) is 15.6. The maximum atomic E-state index is 12.6. The number of likely N-dealkylation sites (N-methyl/N-ethyl adjacent to an activating group) is 1. The molecule has 0 aliphatic carbocycles. The largest absolute Gasteiger partial charge is 0.383 e. The molecule has 3 N–H and O–H groups in total. The number of hydrogen-bond acceptors (Lipinski definition) is 7. The molecule has 1 aliphatic heterocycles. The van der Waals surface area contributed by atoms with Crippen LogP contribution in [0.25, 0.3) is 22.3 Å². The highest BCUT2D eigenvalue weighted by molar-refractivity contribution is 6.04. The van der Waals surface area contributed by atoms with Gasteiger partial charge >= 0.3 is 0 Å². The van der Waals surface area contributed by atoms with Gasteiger partial charge in [-0.2, -0.15) is 5.10 Å². The quantitative estimate of drug-likeness (QED) is 0.513. The highest BCUT2D eigenvalue weighted by Crippen LogP contribution is 2.33. The number of nitrogen functional groups attached to an aromatic ring is 1. The first kappa shape index (κ1) is 20.1. The lowest BCUT2D eigenvalue weighted by molar-refractivity contribution is 0.102. The fourth-order valence-electron chi connectivity index (χ4n) is 4.20. The second kappa shape index (κ2) is 8.35. The Bertz CT molecular complexity index is 1250. The number of hydrogen-bond donors (Lipinski definition) is 2. The molecule has 1 saturated heterocycles. The topological polar surface area (TPSA) is 115 Å². The van der Waals surface area contributed by atoms with Crippen LogP contribution >= 0.6 is 0 Å². The molecule has 3 aromatic heterocycles. The summed E-state index contributed by atoms with van der Waals surface area (Å²) in [5, 5.41) is 8.45. The van der Waals surface area contributed by atoms with E-state index in [0.717, 1.165) is 48.2 Å². The molecule has 0 bridgehead atoms. The fraction of sp³-hybridized carbons (Fsp3) is 0.261. The van der Waals surface area contributed by atoms with Gasteiger partial charge in [0, 0.05) is 23.9 Å². The van der Waals surface area contributed by atoms with E-state index in [0.29, 0.717) is 17.2 Å². The number of nitrogens with two attached hydrogens (primary N) is 1. The summed E-state index contributed by atoms with van der Waals surface area (Å²) in [6.07, 6.45) is 5.27. The molecule has 9 heteroatoms. The van der Waals surface area contributed by atoms with E-state index in [1.165, 1.54) is 6.33 Å². The van der Waals surface area contributed by atoms with Crippen LogP contribution in [-0.4, -0.2) is 55.7 Å².